The van der Waals surface area contributed by atoms with Crippen LogP contribution in [0.25, 0.3) is 0 Å². The van der Waals surface area contributed by atoms with E-state index in [9.17, 15) is 57.1 Å². The molecule has 0 unspecified atom stereocenters. The van der Waals surface area contributed by atoms with Gasteiger partial charge in [0, 0.05) is 6.07 Å². The molecule has 0 atom stereocenters. The highest BCUT2D eigenvalue weighted by Gasteiger charge is 2.42. The Balaban J connectivity index is 2.16. The van der Waals surface area contributed by atoms with Crippen LogP contribution in [0.15, 0.2) is 30.3 Å². The second-order valence-corrected chi connectivity index (χ2v) is 7.25. The van der Waals surface area contributed by atoms with Gasteiger partial charge in [0.15, 0.2) is 34.7 Å². The van der Waals surface area contributed by atoms with Gasteiger partial charge in [0.25, 0.3) is 0 Å². The first-order valence-corrected chi connectivity index (χ1v) is 9.50. The fraction of sp³-hybridized carbons (Fsp3) is 0.143. The number of nitrogens with two attached hydrogens (primary N) is 2. The van der Waals surface area contributed by atoms with Crippen molar-refractivity contribution in [3.63, 3.8) is 0 Å². The van der Waals surface area contributed by atoms with Gasteiger partial charge in [-0.05, 0) is 24.3 Å². The molecule has 0 radical (unpaired) electrons. The first-order valence-electron chi connectivity index (χ1n) is 9.50. The van der Waals surface area contributed by atoms with Gasteiger partial charge in [-0.3, -0.25) is 0 Å². The summed E-state index contributed by atoms with van der Waals surface area (Å²) < 4.78 is 184. The molecule has 0 saturated heterocycles. The van der Waals surface area contributed by atoms with Crippen molar-refractivity contribution in [3.05, 3.63) is 70.3 Å². The molecule has 0 spiro atoms. The monoisotopic (exact) mass is 568 g/mol. The molecule has 0 saturated carbocycles. The second-order valence-electron chi connectivity index (χ2n) is 7.25. The predicted molar refractivity (Wildman–Crippen MR) is 103 cm³/mol. The van der Waals surface area contributed by atoms with E-state index in [1.807, 2.05) is 0 Å². The third kappa shape index (κ3) is 5.31. The van der Waals surface area contributed by atoms with Crippen molar-refractivity contribution in [2.75, 3.05) is 11.5 Å². The summed E-state index contributed by atoms with van der Waals surface area (Å²) in [5.74, 6) is -15.3. The third-order valence-corrected chi connectivity index (χ3v) is 4.76. The average molecular weight is 568 g/mol. The van der Waals surface area contributed by atoms with Crippen LogP contribution in [-0.2, 0) is 18.5 Å². The number of benzene rings is 3. The van der Waals surface area contributed by atoms with E-state index in [1.165, 1.54) is 0 Å². The SMILES string of the molecule is Nc1c(C(F)(F)F)ccc(Oc2cc(Oc3ccc(C(F)(F)F)c(N)c3F)c(C(F)(F)F)c(F)c2F)c1F. The lowest BCUT2D eigenvalue weighted by Gasteiger charge is -2.19. The summed E-state index contributed by atoms with van der Waals surface area (Å²) in [6.45, 7) is 0. The first-order chi connectivity index (χ1) is 17.2. The Labute approximate surface area is 202 Å². The minimum Gasteiger partial charge on any atom is -0.453 e. The molecular formula is C21H9F13N2O2. The molecule has 4 nitrogen and oxygen atoms in total. The molecule has 0 aromatic heterocycles. The van der Waals surface area contributed by atoms with Crippen molar-refractivity contribution in [2.24, 2.45) is 0 Å². The summed E-state index contributed by atoms with van der Waals surface area (Å²) in [5, 5.41) is 0. The van der Waals surface area contributed by atoms with Gasteiger partial charge in [0.1, 0.15) is 11.3 Å². The Morgan fingerprint density at radius 1 is 0.474 bits per heavy atom. The van der Waals surface area contributed by atoms with E-state index < -0.39 is 92.9 Å². The van der Waals surface area contributed by atoms with E-state index >= 15 is 0 Å². The van der Waals surface area contributed by atoms with Crippen LogP contribution >= 0.6 is 0 Å². The summed E-state index contributed by atoms with van der Waals surface area (Å²) in [5.41, 5.74) is 0.937. The minimum absolute atomic E-state index is 0.0954. The number of hydrogen-bond donors (Lipinski definition) is 2. The van der Waals surface area contributed by atoms with Gasteiger partial charge < -0.3 is 20.9 Å². The van der Waals surface area contributed by atoms with Crippen molar-refractivity contribution in [1.82, 2.24) is 0 Å². The molecule has 0 aliphatic heterocycles. The maximum absolute atomic E-state index is 14.4. The highest BCUT2D eigenvalue weighted by Crippen LogP contribution is 2.47. The van der Waals surface area contributed by atoms with Gasteiger partial charge in [0.2, 0.25) is 5.82 Å². The van der Waals surface area contributed by atoms with E-state index in [-0.39, 0.29) is 30.3 Å². The van der Waals surface area contributed by atoms with E-state index in [0.29, 0.717) is 0 Å². The smallest absolute Gasteiger partial charge is 0.422 e. The second kappa shape index (κ2) is 9.36. The summed E-state index contributed by atoms with van der Waals surface area (Å²) in [6.07, 6.45) is -16.1. The molecular weight excluding hydrogens is 559 g/mol. The lowest BCUT2D eigenvalue weighted by molar-refractivity contribution is -0.141. The number of ether oxygens (including phenoxy) is 2. The number of hydrogen-bond acceptors (Lipinski definition) is 4. The molecule has 17 heteroatoms. The average Bonchev–Trinajstić information content (AvgIpc) is 2.75. The predicted octanol–water partition coefficient (Wildman–Crippen LogP) is 8.05. The molecule has 38 heavy (non-hydrogen) atoms. The Bertz CT molecular complexity index is 1400. The van der Waals surface area contributed by atoms with Crippen LogP contribution < -0.4 is 20.9 Å². The van der Waals surface area contributed by atoms with Gasteiger partial charge in [-0.2, -0.15) is 43.9 Å². The summed E-state index contributed by atoms with van der Waals surface area (Å²) in [4.78, 5) is 0. The number of halogens is 13. The third-order valence-electron chi connectivity index (χ3n) is 4.76. The van der Waals surface area contributed by atoms with Crippen molar-refractivity contribution in [1.29, 1.82) is 0 Å². The maximum atomic E-state index is 14.4. The Hall–Kier alpha value is -4.05. The minimum atomic E-state index is -5.75. The zero-order valence-electron chi connectivity index (χ0n) is 17.8. The van der Waals surface area contributed by atoms with Crippen LogP contribution in [0.1, 0.15) is 16.7 Å². The van der Waals surface area contributed by atoms with Crippen LogP contribution in [-0.4, -0.2) is 0 Å². The molecule has 0 aliphatic carbocycles. The molecule has 0 aliphatic rings. The van der Waals surface area contributed by atoms with Crippen LogP contribution in [0.2, 0.25) is 0 Å². The highest BCUT2D eigenvalue weighted by atomic mass is 19.4. The Morgan fingerprint density at radius 2 is 0.868 bits per heavy atom. The lowest BCUT2D eigenvalue weighted by Crippen LogP contribution is -2.14. The molecule has 4 N–H and O–H groups in total. The van der Waals surface area contributed by atoms with E-state index in [0.717, 1.165) is 0 Å². The zero-order chi connectivity index (χ0) is 29.0. The van der Waals surface area contributed by atoms with Crippen LogP contribution in [0.3, 0.4) is 0 Å². The molecule has 3 aromatic rings. The lowest BCUT2D eigenvalue weighted by atomic mass is 10.1. The molecule has 206 valence electrons. The molecule has 0 bridgehead atoms. The van der Waals surface area contributed by atoms with Gasteiger partial charge in [-0.1, -0.05) is 0 Å². The Morgan fingerprint density at radius 3 is 1.24 bits per heavy atom. The number of rotatable bonds is 4. The Kier molecular flexibility index (Phi) is 7.02. The van der Waals surface area contributed by atoms with Crippen molar-refractivity contribution in [3.8, 4) is 23.0 Å². The summed E-state index contributed by atoms with van der Waals surface area (Å²) in [7, 11) is 0. The van der Waals surface area contributed by atoms with Crippen LogP contribution in [0, 0.1) is 23.3 Å². The maximum Gasteiger partial charge on any atom is 0.422 e. The largest absolute Gasteiger partial charge is 0.453 e. The molecule has 0 fully saturated rings. The van der Waals surface area contributed by atoms with Gasteiger partial charge in [-0.15, -0.1) is 0 Å². The highest BCUT2D eigenvalue weighted by molar-refractivity contribution is 5.58. The van der Waals surface area contributed by atoms with Gasteiger partial charge >= 0.3 is 18.5 Å². The van der Waals surface area contributed by atoms with E-state index in [4.69, 9.17) is 11.5 Å². The van der Waals surface area contributed by atoms with Crippen molar-refractivity contribution < 1.29 is 66.5 Å². The van der Waals surface area contributed by atoms with Crippen molar-refractivity contribution in [2.45, 2.75) is 18.5 Å². The first kappa shape index (κ1) is 28.5. The molecule has 0 heterocycles. The van der Waals surface area contributed by atoms with Gasteiger partial charge in [-0.25, -0.2) is 13.2 Å². The summed E-state index contributed by atoms with van der Waals surface area (Å²) >= 11 is 0. The van der Waals surface area contributed by atoms with Crippen molar-refractivity contribution >= 4 is 11.4 Å². The standard InChI is InChI=1S/C21H9F13N2O2/c22-13-11(38-9-4-2-7(20(29,30)31)18(36)15(9)24)5-10(12(16(13)25)21(32,33)34)37-8-3-1-6(19(26,27)28)17(35)14(8)23/h1-5H,35-36H2. The van der Waals surface area contributed by atoms with Crippen LogP contribution in [0.4, 0.5) is 68.5 Å². The van der Waals surface area contributed by atoms with E-state index in [1.54, 1.807) is 0 Å². The topological polar surface area (TPSA) is 70.5 Å². The van der Waals surface area contributed by atoms with E-state index in [2.05, 4.69) is 9.47 Å². The summed E-state index contributed by atoms with van der Waals surface area (Å²) in [6, 6.07) is 0.636. The zero-order valence-corrected chi connectivity index (χ0v) is 17.8. The normalized spacial score (nSPS) is 12.6. The number of alkyl halides is 9. The molecule has 0 amide bonds. The fourth-order valence-electron chi connectivity index (χ4n) is 3.03. The quantitative estimate of drug-likeness (QED) is 0.247. The fourth-order valence-corrected chi connectivity index (χ4v) is 3.03. The number of nitrogen functional groups attached to an aromatic ring is 2. The van der Waals surface area contributed by atoms with Crippen LogP contribution in [0.5, 0.6) is 23.0 Å². The number of anilines is 2. The van der Waals surface area contributed by atoms with Gasteiger partial charge in [0.05, 0.1) is 22.5 Å². The molecule has 3 rings (SSSR count). The molecule has 3 aromatic carbocycles.